The number of likely N-dealkylation sites (tertiary alicyclic amines) is 2. The largest absolute Gasteiger partial charge is 0.506 e. The summed E-state index contributed by atoms with van der Waals surface area (Å²) in [5.41, 5.74) is 5.10. The molecule has 0 bridgehead atoms. The van der Waals surface area contributed by atoms with Gasteiger partial charge in [-0.05, 0) is 58.6 Å². The van der Waals surface area contributed by atoms with Crippen molar-refractivity contribution < 1.29 is 29.0 Å². The third kappa shape index (κ3) is 5.80. The van der Waals surface area contributed by atoms with Gasteiger partial charge in [0.05, 0.1) is 12.1 Å². The Labute approximate surface area is 193 Å². The molecule has 10 heteroatoms. The molecule has 2 aliphatic heterocycles. The van der Waals surface area contributed by atoms with Crippen LogP contribution < -0.4 is 5.73 Å². The summed E-state index contributed by atoms with van der Waals surface area (Å²) in [6.45, 7) is 5.67. The lowest BCUT2D eigenvalue weighted by molar-refractivity contribution is -0.142. The molecule has 0 aliphatic carbocycles. The molecule has 0 aromatic carbocycles. The summed E-state index contributed by atoms with van der Waals surface area (Å²) in [6.07, 6.45) is 2.84. The molecule has 2 saturated heterocycles. The molecule has 2 unspecified atom stereocenters. The molecule has 2 fully saturated rings. The van der Waals surface area contributed by atoms with Crippen LogP contribution in [0.3, 0.4) is 0 Å². The van der Waals surface area contributed by atoms with Gasteiger partial charge in [0, 0.05) is 25.2 Å². The van der Waals surface area contributed by atoms with Crippen LogP contribution in [-0.2, 0) is 25.5 Å². The number of ether oxygens (including phenoxy) is 1. The average Bonchev–Trinajstić information content (AvgIpc) is 3.20. The number of pyridine rings is 1. The Morgan fingerprint density at radius 1 is 1.18 bits per heavy atom. The van der Waals surface area contributed by atoms with Crippen molar-refractivity contribution in [1.29, 1.82) is 0 Å². The zero-order chi connectivity index (χ0) is 24.3. The van der Waals surface area contributed by atoms with Crippen molar-refractivity contribution in [2.24, 2.45) is 11.7 Å². The first kappa shape index (κ1) is 24.5. The van der Waals surface area contributed by atoms with E-state index in [2.05, 4.69) is 4.98 Å². The monoisotopic (exact) mass is 460 g/mol. The highest BCUT2D eigenvalue weighted by molar-refractivity contribution is 5.94. The number of amides is 3. The number of aromatic nitrogens is 1. The molecule has 3 amide bonds. The first-order valence-corrected chi connectivity index (χ1v) is 11.2. The summed E-state index contributed by atoms with van der Waals surface area (Å²) in [7, 11) is 0. The van der Waals surface area contributed by atoms with E-state index < -0.39 is 41.5 Å². The van der Waals surface area contributed by atoms with Gasteiger partial charge >= 0.3 is 6.09 Å². The molecule has 2 aliphatic rings. The van der Waals surface area contributed by atoms with Gasteiger partial charge in [0.2, 0.25) is 11.8 Å². The van der Waals surface area contributed by atoms with Crippen molar-refractivity contribution in [1.82, 2.24) is 14.8 Å². The number of ketones is 1. The standard InChI is InChI=1S/C23H32N4O6/c1-23(2,3)33-22(32)26-10-5-4-7-16(26)21(31)27-13-14(11-17(27)20(24)30)19(29)12-15-18(28)8-6-9-25-15/h6,8-9,14,16-17,28H,4-5,7,10-13H2,1-3H3,(H2,24,30)/t14?,16-,17?/m0/s1. The third-order valence-corrected chi connectivity index (χ3v) is 5.99. The van der Waals surface area contributed by atoms with E-state index in [9.17, 15) is 24.3 Å². The minimum absolute atomic E-state index is 0.0253. The maximum absolute atomic E-state index is 13.5. The lowest BCUT2D eigenvalue weighted by Gasteiger charge is -2.38. The second kappa shape index (κ2) is 9.76. The molecule has 33 heavy (non-hydrogen) atoms. The van der Waals surface area contributed by atoms with Crippen LogP contribution in [0.1, 0.15) is 52.1 Å². The molecule has 0 saturated carbocycles. The maximum atomic E-state index is 13.5. The highest BCUT2D eigenvalue weighted by Gasteiger charge is 2.45. The summed E-state index contributed by atoms with van der Waals surface area (Å²) >= 11 is 0. The number of hydrogen-bond donors (Lipinski definition) is 2. The summed E-state index contributed by atoms with van der Waals surface area (Å²) in [5, 5.41) is 9.91. The predicted octanol–water partition coefficient (Wildman–Crippen LogP) is 1.39. The highest BCUT2D eigenvalue weighted by atomic mass is 16.6. The summed E-state index contributed by atoms with van der Waals surface area (Å²) < 4.78 is 5.47. The molecule has 1 aromatic heterocycles. The second-order valence-electron chi connectivity index (χ2n) is 9.64. The fourth-order valence-corrected chi connectivity index (χ4v) is 4.38. The number of nitrogens with zero attached hydrogens (tertiary/aromatic N) is 3. The van der Waals surface area contributed by atoms with Gasteiger partial charge in [-0.25, -0.2) is 4.79 Å². The van der Waals surface area contributed by atoms with Gasteiger partial charge in [0.1, 0.15) is 29.2 Å². The number of primary amides is 1. The molecule has 3 rings (SSSR count). The van der Waals surface area contributed by atoms with E-state index in [4.69, 9.17) is 10.5 Å². The normalized spacial score (nSPS) is 23.3. The van der Waals surface area contributed by atoms with Crippen molar-refractivity contribution in [2.75, 3.05) is 13.1 Å². The number of hydrogen-bond acceptors (Lipinski definition) is 7. The third-order valence-electron chi connectivity index (χ3n) is 5.99. The van der Waals surface area contributed by atoms with E-state index in [0.29, 0.717) is 13.0 Å². The van der Waals surface area contributed by atoms with Crippen LogP contribution in [0.5, 0.6) is 5.75 Å². The van der Waals surface area contributed by atoms with Crippen LogP contribution in [0.25, 0.3) is 0 Å². The fourth-order valence-electron chi connectivity index (χ4n) is 4.38. The van der Waals surface area contributed by atoms with Gasteiger partial charge in [0.25, 0.3) is 0 Å². The maximum Gasteiger partial charge on any atom is 0.410 e. The van der Waals surface area contributed by atoms with Gasteiger partial charge in [-0.15, -0.1) is 0 Å². The van der Waals surface area contributed by atoms with E-state index in [1.165, 1.54) is 22.1 Å². The van der Waals surface area contributed by atoms with Crippen LogP contribution >= 0.6 is 0 Å². The summed E-state index contributed by atoms with van der Waals surface area (Å²) in [6, 6.07) is 1.29. The Kier molecular flexibility index (Phi) is 7.24. The number of piperidine rings is 1. The van der Waals surface area contributed by atoms with Gasteiger partial charge in [-0.1, -0.05) is 0 Å². The molecular formula is C23H32N4O6. The average molecular weight is 461 g/mol. The van der Waals surface area contributed by atoms with E-state index in [1.54, 1.807) is 26.8 Å². The molecule has 10 nitrogen and oxygen atoms in total. The molecule has 1 aromatic rings. The Bertz CT molecular complexity index is 928. The smallest absolute Gasteiger partial charge is 0.410 e. The van der Waals surface area contributed by atoms with Crippen LogP contribution in [0.15, 0.2) is 18.3 Å². The van der Waals surface area contributed by atoms with Crippen LogP contribution in [-0.4, -0.2) is 74.4 Å². The second-order valence-corrected chi connectivity index (χ2v) is 9.64. The van der Waals surface area contributed by atoms with E-state index >= 15 is 0 Å². The Morgan fingerprint density at radius 2 is 1.91 bits per heavy atom. The SMILES string of the molecule is CC(C)(C)OC(=O)N1CCCC[C@H]1C(=O)N1CC(C(=O)Cc2ncccc2O)CC1C(N)=O. The van der Waals surface area contributed by atoms with Crippen molar-refractivity contribution in [2.45, 2.75) is 70.6 Å². The lowest BCUT2D eigenvalue weighted by Crippen LogP contribution is -2.56. The zero-order valence-corrected chi connectivity index (χ0v) is 19.3. The van der Waals surface area contributed by atoms with Gasteiger partial charge in [-0.3, -0.25) is 24.3 Å². The minimum Gasteiger partial charge on any atom is -0.506 e. The molecule has 3 atom stereocenters. The van der Waals surface area contributed by atoms with Crippen molar-refractivity contribution in [3.8, 4) is 5.75 Å². The van der Waals surface area contributed by atoms with Gasteiger partial charge in [-0.2, -0.15) is 0 Å². The molecule has 180 valence electrons. The van der Waals surface area contributed by atoms with Crippen LogP contribution in [0.2, 0.25) is 0 Å². The van der Waals surface area contributed by atoms with Crippen molar-refractivity contribution in [3.63, 3.8) is 0 Å². The summed E-state index contributed by atoms with van der Waals surface area (Å²) in [5.74, 6) is -2.04. The van der Waals surface area contributed by atoms with Crippen molar-refractivity contribution >= 4 is 23.7 Å². The number of carbonyl (C=O) groups is 4. The highest BCUT2D eigenvalue weighted by Crippen LogP contribution is 2.30. The quantitative estimate of drug-likeness (QED) is 0.676. The zero-order valence-electron chi connectivity index (χ0n) is 19.3. The van der Waals surface area contributed by atoms with E-state index in [0.717, 1.165) is 12.8 Å². The van der Waals surface area contributed by atoms with Gasteiger partial charge in [0.15, 0.2) is 0 Å². The van der Waals surface area contributed by atoms with Crippen LogP contribution in [0, 0.1) is 5.92 Å². The Hall–Kier alpha value is -3.17. The van der Waals surface area contributed by atoms with Gasteiger partial charge < -0.3 is 20.5 Å². The topological polar surface area (TPSA) is 143 Å². The molecule has 3 N–H and O–H groups in total. The molecular weight excluding hydrogens is 428 g/mol. The number of Topliss-reactive ketones (excluding diaryl/α,β-unsaturated/α-hetero) is 1. The number of rotatable bonds is 5. The van der Waals surface area contributed by atoms with E-state index in [-0.39, 0.29) is 36.6 Å². The summed E-state index contributed by atoms with van der Waals surface area (Å²) in [4.78, 5) is 58.0. The first-order chi connectivity index (χ1) is 15.5. The fraction of sp³-hybridized carbons (Fsp3) is 0.609. The predicted molar refractivity (Wildman–Crippen MR) is 118 cm³/mol. The Balaban J connectivity index is 1.76. The first-order valence-electron chi connectivity index (χ1n) is 11.2. The molecule has 3 heterocycles. The lowest BCUT2D eigenvalue weighted by atomic mass is 9.97. The van der Waals surface area contributed by atoms with E-state index in [1.807, 2.05) is 0 Å². The van der Waals surface area contributed by atoms with Crippen LogP contribution in [0.4, 0.5) is 4.79 Å². The Morgan fingerprint density at radius 3 is 2.55 bits per heavy atom. The minimum atomic E-state index is -0.939. The number of aromatic hydroxyl groups is 1. The number of carbonyl (C=O) groups excluding carboxylic acids is 4. The number of nitrogens with two attached hydrogens (primary N) is 1. The van der Waals surface area contributed by atoms with Crippen molar-refractivity contribution in [3.05, 3.63) is 24.0 Å². The molecule has 0 spiro atoms. The molecule has 0 radical (unpaired) electrons.